The smallest absolute Gasteiger partial charge is 0.321 e. The molecule has 7 heteroatoms. The molecule has 1 aromatic rings. The highest BCUT2D eigenvalue weighted by atomic mass is 19.1. The van der Waals surface area contributed by atoms with Crippen molar-refractivity contribution in [1.29, 1.82) is 0 Å². The second-order valence-electron chi connectivity index (χ2n) is 7.17. The number of amides is 2. The third-order valence-corrected chi connectivity index (χ3v) is 5.13. The molecule has 6 nitrogen and oxygen atoms in total. The monoisotopic (exact) mass is 350 g/mol. The quantitative estimate of drug-likeness (QED) is 0.873. The van der Waals surface area contributed by atoms with Gasteiger partial charge in [-0.25, -0.2) is 9.18 Å². The summed E-state index contributed by atoms with van der Waals surface area (Å²) in [5.41, 5.74) is -0.446. The third-order valence-electron chi connectivity index (χ3n) is 5.13. The Labute approximate surface area is 146 Å². The summed E-state index contributed by atoms with van der Waals surface area (Å²) in [6.45, 7) is 4.27. The summed E-state index contributed by atoms with van der Waals surface area (Å²) in [4.78, 5) is 25.9. The minimum atomic E-state index is -0.823. The molecule has 0 radical (unpaired) electrons. The van der Waals surface area contributed by atoms with Gasteiger partial charge in [0.05, 0.1) is 17.2 Å². The van der Waals surface area contributed by atoms with Gasteiger partial charge < -0.3 is 20.1 Å². The summed E-state index contributed by atoms with van der Waals surface area (Å²) in [5, 5.41) is 12.4. The van der Waals surface area contributed by atoms with Crippen molar-refractivity contribution in [3.8, 4) is 5.75 Å². The number of carbonyl (C=O) groups excluding carboxylic acids is 1. The number of fused-ring (bicyclic) bond motifs is 1. The number of carboxylic acids is 1. The van der Waals surface area contributed by atoms with Crippen molar-refractivity contribution < 1.29 is 23.8 Å². The molecule has 1 aliphatic heterocycles. The van der Waals surface area contributed by atoms with Crippen LogP contribution in [0.2, 0.25) is 0 Å². The zero-order valence-corrected chi connectivity index (χ0v) is 14.4. The molecule has 0 unspecified atom stereocenters. The number of aliphatic carboxylic acids is 1. The van der Waals surface area contributed by atoms with Gasteiger partial charge in [0, 0.05) is 19.2 Å². The Morgan fingerprint density at radius 2 is 2.20 bits per heavy atom. The number of ether oxygens (including phenoxy) is 1. The van der Waals surface area contributed by atoms with Crippen LogP contribution in [0.4, 0.5) is 14.9 Å². The predicted molar refractivity (Wildman–Crippen MR) is 90.2 cm³/mol. The molecule has 2 aliphatic rings. The minimum Gasteiger partial charge on any atom is -0.489 e. The van der Waals surface area contributed by atoms with E-state index >= 15 is 0 Å². The highest BCUT2D eigenvalue weighted by molar-refractivity contribution is 5.92. The molecular weight excluding hydrogens is 327 g/mol. The zero-order chi connectivity index (χ0) is 18.2. The van der Waals surface area contributed by atoms with Gasteiger partial charge >= 0.3 is 12.0 Å². The molecule has 2 atom stereocenters. The molecule has 25 heavy (non-hydrogen) atoms. The normalized spacial score (nSPS) is 25.1. The second-order valence-corrected chi connectivity index (χ2v) is 7.17. The van der Waals surface area contributed by atoms with Crippen molar-refractivity contribution in [3.05, 3.63) is 24.0 Å². The van der Waals surface area contributed by atoms with E-state index in [2.05, 4.69) is 5.32 Å². The number of carboxylic acid groups (broad SMARTS) is 1. The maximum atomic E-state index is 13.5. The lowest BCUT2D eigenvalue weighted by Gasteiger charge is -2.23. The number of hydrogen-bond acceptors (Lipinski definition) is 3. The van der Waals surface area contributed by atoms with E-state index in [1.165, 1.54) is 18.2 Å². The molecule has 3 rings (SSSR count). The van der Waals surface area contributed by atoms with Crippen LogP contribution in [-0.2, 0) is 4.79 Å². The van der Waals surface area contributed by atoms with E-state index in [1.807, 2.05) is 13.8 Å². The number of nitrogens with one attached hydrogen (secondary N) is 1. The third kappa shape index (κ3) is 3.27. The number of likely N-dealkylation sites (tertiary alicyclic amines) is 1. The Bertz CT molecular complexity index is 694. The summed E-state index contributed by atoms with van der Waals surface area (Å²) in [7, 11) is 0. The molecule has 0 spiro atoms. The Morgan fingerprint density at radius 3 is 2.84 bits per heavy atom. The van der Waals surface area contributed by atoms with Crippen LogP contribution in [-0.4, -0.2) is 41.2 Å². The number of nitrogens with zero attached hydrogens (tertiary/aromatic N) is 1. The van der Waals surface area contributed by atoms with Crippen LogP contribution < -0.4 is 10.1 Å². The Hall–Kier alpha value is -2.31. The summed E-state index contributed by atoms with van der Waals surface area (Å²) in [6.07, 6.45) is 2.15. The van der Waals surface area contributed by atoms with Crippen molar-refractivity contribution in [1.82, 2.24) is 4.90 Å². The van der Waals surface area contributed by atoms with Crippen LogP contribution in [0.5, 0.6) is 5.75 Å². The van der Waals surface area contributed by atoms with E-state index in [4.69, 9.17) is 4.74 Å². The van der Waals surface area contributed by atoms with Gasteiger partial charge in [0.2, 0.25) is 0 Å². The Balaban J connectivity index is 1.75. The average molecular weight is 350 g/mol. The number of carbonyl (C=O) groups is 2. The summed E-state index contributed by atoms with van der Waals surface area (Å²) in [5.74, 6) is -1.02. The standard InChI is InChI=1S/C18H23FN2O4/c1-11(2)25-15-8-13(19)5-6-14(15)20-17(24)21-9-12-4-3-7-18(12,10-21)16(22)23/h5-6,8,11-12H,3-4,7,9-10H2,1-2H3,(H,20,24)(H,22,23)/t12-,18+/m0/s1. The highest BCUT2D eigenvalue weighted by Crippen LogP contribution is 2.49. The van der Waals surface area contributed by atoms with Crippen LogP contribution in [0.25, 0.3) is 0 Å². The SMILES string of the molecule is CC(C)Oc1cc(F)ccc1NC(=O)N1C[C@@H]2CCC[C@@]2(C(=O)O)C1. The number of benzene rings is 1. The van der Waals surface area contributed by atoms with Gasteiger partial charge in [0.1, 0.15) is 11.6 Å². The molecule has 1 saturated carbocycles. The van der Waals surface area contributed by atoms with Crippen molar-refractivity contribution in [2.24, 2.45) is 11.3 Å². The molecule has 0 bridgehead atoms. The molecule has 1 aromatic carbocycles. The fourth-order valence-corrected chi connectivity index (χ4v) is 3.94. The molecule has 0 aromatic heterocycles. The number of halogens is 1. The van der Waals surface area contributed by atoms with E-state index in [-0.39, 0.29) is 30.3 Å². The van der Waals surface area contributed by atoms with Crippen molar-refractivity contribution >= 4 is 17.7 Å². The molecule has 2 N–H and O–H groups in total. The lowest BCUT2D eigenvalue weighted by molar-refractivity contribution is -0.149. The number of urea groups is 1. The van der Waals surface area contributed by atoms with Gasteiger partial charge in [-0.2, -0.15) is 0 Å². The zero-order valence-electron chi connectivity index (χ0n) is 14.4. The molecular formula is C18H23FN2O4. The second kappa shape index (κ2) is 6.54. The molecule has 136 valence electrons. The Morgan fingerprint density at radius 1 is 1.44 bits per heavy atom. The average Bonchev–Trinajstić information content (AvgIpc) is 3.07. The first kappa shape index (κ1) is 17.5. The number of rotatable bonds is 4. The fraction of sp³-hybridized carbons (Fsp3) is 0.556. The lowest BCUT2D eigenvalue weighted by atomic mass is 9.81. The minimum absolute atomic E-state index is 0.00430. The molecule has 1 heterocycles. The van der Waals surface area contributed by atoms with Gasteiger partial charge in [-0.05, 0) is 44.7 Å². The summed E-state index contributed by atoms with van der Waals surface area (Å²) in [6, 6.07) is 3.55. The first-order valence-electron chi connectivity index (χ1n) is 8.57. The molecule has 1 saturated heterocycles. The van der Waals surface area contributed by atoms with E-state index in [1.54, 1.807) is 4.90 Å². The molecule has 2 amide bonds. The van der Waals surface area contributed by atoms with E-state index < -0.39 is 17.2 Å². The van der Waals surface area contributed by atoms with Crippen LogP contribution in [0, 0.1) is 17.2 Å². The van der Waals surface area contributed by atoms with E-state index in [0.717, 1.165) is 12.8 Å². The summed E-state index contributed by atoms with van der Waals surface area (Å²) >= 11 is 0. The number of hydrogen-bond donors (Lipinski definition) is 2. The summed E-state index contributed by atoms with van der Waals surface area (Å²) < 4.78 is 19.0. The Kier molecular flexibility index (Phi) is 4.58. The molecule has 1 aliphatic carbocycles. The molecule has 2 fully saturated rings. The van der Waals surface area contributed by atoms with Gasteiger partial charge in [0.15, 0.2) is 0 Å². The van der Waals surface area contributed by atoms with E-state index in [0.29, 0.717) is 18.7 Å². The predicted octanol–water partition coefficient (Wildman–Crippen LogP) is 3.33. The largest absolute Gasteiger partial charge is 0.489 e. The van der Waals surface area contributed by atoms with Crippen LogP contribution >= 0.6 is 0 Å². The van der Waals surface area contributed by atoms with Gasteiger partial charge in [-0.15, -0.1) is 0 Å². The first-order chi connectivity index (χ1) is 11.8. The van der Waals surface area contributed by atoms with Crippen LogP contribution in [0.15, 0.2) is 18.2 Å². The topological polar surface area (TPSA) is 78.9 Å². The highest BCUT2D eigenvalue weighted by Gasteiger charge is 2.55. The van der Waals surface area contributed by atoms with Gasteiger partial charge in [-0.1, -0.05) is 6.42 Å². The van der Waals surface area contributed by atoms with E-state index in [9.17, 15) is 19.1 Å². The van der Waals surface area contributed by atoms with Gasteiger partial charge in [0.25, 0.3) is 0 Å². The van der Waals surface area contributed by atoms with Crippen molar-refractivity contribution in [3.63, 3.8) is 0 Å². The van der Waals surface area contributed by atoms with Crippen LogP contribution in [0.1, 0.15) is 33.1 Å². The van der Waals surface area contributed by atoms with Gasteiger partial charge in [-0.3, -0.25) is 4.79 Å². The fourth-order valence-electron chi connectivity index (χ4n) is 3.94. The lowest BCUT2D eigenvalue weighted by Crippen LogP contribution is -2.38. The van der Waals surface area contributed by atoms with Crippen molar-refractivity contribution in [2.75, 3.05) is 18.4 Å². The maximum absolute atomic E-state index is 13.5. The maximum Gasteiger partial charge on any atom is 0.321 e. The van der Waals surface area contributed by atoms with Crippen LogP contribution in [0.3, 0.4) is 0 Å². The van der Waals surface area contributed by atoms with Crippen molar-refractivity contribution in [2.45, 2.75) is 39.2 Å². The first-order valence-corrected chi connectivity index (χ1v) is 8.57. The number of anilines is 1.